The van der Waals surface area contributed by atoms with E-state index in [9.17, 15) is 4.79 Å². The Morgan fingerprint density at radius 1 is 1.59 bits per heavy atom. The molecule has 0 fully saturated rings. The molecule has 5 heteroatoms. The van der Waals surface area contributed by atoms with Crippen LogP contribution < -0.4 is 5.32 Å². The number of aryl methyl sites for hydroxylation is 1. The summed E-state index contributed by atoms with van der Waals surface area (Å²) in [7, 11) is 0. The highest BCUT2D eigenvalue weighted by Crippen LogP contribution is 2.12. The van der Waals surface area contributed by atoms with Gasteiger partial charge in [0.05, 0.1) is 17.8 Å². The van der Waals surface area contributed by atoms with Gasteiger partial charge in [-0.25, -0.2) is 4.79 Å². The van der Waals surface area contributed by atoms with Crippen LogP contribution in [0.25, 0.3) is 0 Å². The molecule has 0 saturated heterocycles. The summed E-state index contributed by atoms with van der Waals surface area (Å²) >= 11 is 0. The first kappa shape index (κ1) is 11.2. The van der Waals surface area contributed by atoms with E-state index in [0.717, 1.165) is 11.4 Å². The summed E-state index contributed by atoms with van der Waals surface area (Å²) in [6.07, 6.45) is 3.42. The molecular formula is C12H13N3O2. The number of aromatic nitrogens is 2. The Bertz CT molecular complexity index is 520. The molecule has 0 atom stereocenters. The van der Waals surface area contributed by atoms with Crippen LogP contribution in [0.3, 0.4) is 0 Å². The molecule has 0 amide bonds. The molecule has 2 aromatic heterocycles. The number of carbonyl (C=O) groups is 1. The minimum atomic E-state index is -0.911. The van der Waals surface area contributed by atoms with E-state index in [2.05, 4.69) is 15.3 Å². The molecule has 0 aliphatic carbocycles. The predicted octanol–water partition coefficient (Wildman–Crippen LogP) is 2.03. The number of nitrogens with zero attached hydrogens (tertiary/aromatic N) is 1. The normalized spacial score (nSPS) is 10.2. The maximum absolute atomic E-state index is 10.9. The van der Waals surface area contributed by atoms with E-state index in [1.54, 1.807) is 25.4 Å². The Morgan fingerprint density at radius 2 is 2.41 bits per heavy atom. The van der Waals surface area contributed by atoms with E-state index < -0.39 is 5.97 Å². The Balaban J connectivity index is 2.05. The number of nitrogens with one attached hydrogen (secondary N) is 2. The van der Waals surface area contributed by atoms with Crippen molar-refractivity contribution in [2.24, 2.45) is 0 Å². The first-order chi connectivity index (χ1) is 8.16. The zero-order valence-corrected chi connectivity index (χ0v) is 9.40. The van der Waals surface area contributed by atoms with Crippen molar-refractivity contribution >= 4 is 11.7 Å². The predicted molar refractivity (Wildman–Crippen MR) is 64.1 cm³/mol. The van der Waals surface area contributed by atoms with Crippen LogP contribution in [-0.4, -0.2) is 21.0 Å². The molecule has 88 valence electrons. The first-order valence-corrected chi connectivity index (χ1v) is 5.22. The van der Waals surface area contributed by atoms with Crippen molar-refractivity contribution in [1.82, 2.24) is 9.97 Å². The summed E-state index contributed by atoms with van der Waals surface area (Å²) in [5.74, 6) is -0.911. The van der Waals surface area contributed by atoms with Gasteiger partial charge in [0.1, 0.15) is 0 Å². The molecular weight excluding hydrogens is 218 g/mol. The van der Waals surface area contributed by atoms with Crippen LogP contribution in [0.15, 0.2) is 30.6 Å². The van der Waals surface area contributed by atoms with Gasteiger partial charge in [-0.15, -0.1) is 0 Å². The standard InChI is InChI=1S/C12H13N3O2/c1-8-11(12(16)17)5-10(15-8)7-14-9-3-2-4-13-6-9/h2-6,14-15H,7H2,1H3,(H,16,17). The van der Waals surface area contributed by atoms with Gasteiger partial charge in [-0.05, 0) is 25.1 Å². The molecule has 3 N–H and O–H groups in total. The van der Waals surface area contributed by atoms with E-state index in [1.165, 1.54) is 0 Å². The average Bonchev–Trinajstić information content (AvgIpc) is 2.69. The summed E-state index contributed by atoms with van der Waals surface area (Å²) in [4.78, 5) is 17.9. The van der Waals surface area contributed by atoms with E-state index in [1.807, 2.05) is 12.1 Å². The minimum Gasteiger partial charge on any atom is -0.478 e. The smallest absolute Gasteiger partial charge is 0.337 e. The van der Waals surface area contributed by atoms with Crippen LogP contribution in [-0.2, 0) is 6.54 Å². The molecule has 2 heterocycles. The molecule has 0 spiro atoms. The minimum absolute atomic E-state index is 0.313. The van der Waals surface area contributed by atoms with Crippen molar-refractivity contribution in [2.45, 2.75) is 13.5 Å². The number of carboxylic acids is 1. The number of anilines is 1. The second-order valence-electron chi connectivity index (χ2n) is 3.73. The number of H-pyrrole nitrogens is 1. The van der Waals surface area contributed by atoms with Gasteiger partial charge < -0.3 is 15.4 Å². The van der Waals surface area contributed by atoms with Gasteiger partial charge in [0, 0.05) is 23.8 Å². The van der Waals surface area contributed by atoms with Crippen LogP contribution in [0.5, 0.6) is 0 Å². The molecule has 0 aliphatic rings. The van der Waals surface area contributed by atoms with Crippen LogP contribution in [0.2, 0.25) is 0 Å². The Hall–Kier alpha value is -2.30. The second kappa shape index (κ2) is 4.69. The number of aromatic amines is 1. The number of pyridine rings is 1. The molecule has 5 nitrogen and oxygen atoms in total. The number of hydrogen-bond acceptors (Lipinski definition) is 3. The Morgan fingerprint density at radius 3 is 3.00 bits per heavy atom. The van der Waals surface area contributed by atoms with Gasteiger partial charge in [0.25, 0.3) is 0 Å². The summed E-state index contributed by atoms with van der Waals surface area (Å²) < 4.78 is 0. The molecule has 0 unspecified atom stereocenters. The third-order valence-corrected chi connectivity index (χ3v) is 2.45. The SMILES string of the molecule is Cc1[nH]c(CNc2cccnc2)cc1C(=O)O. The topological polar surface area (TPSA) is 78.0 Å². The highest BCUT2D eigenvalue weighted by atomic mass is 16.4. The quantitative estimate of drug-likeness (QED) is 0.752. The fourth-order valence-electron chi connectivity index (χ4n) is 1.61. The monoisotopic (exact) mass is 231 g/mol. The van der Waals surface area contributed by atoms with Crippen LogP contribution in [0.1, 0.15) is 21.7 Å². The fraction of sp³-hybridized carbons (Fsp3) is 0.167. The van der Waals surface area contributed by atoms with Crippen LogP contribution in [0, 0.1) is 6.92 Å². The largest absolute Gasteiger partial charge is 0.478 e. The molecule has 0 saturated carbocycles. The van der Waals surface area contributed by atoms with Crippen LogP contribution >= 0.6 is 0 Å². The molecule has 0 bridgehead atoms. The molecule has 2 aromatic rings. The zero-order chi connectivity index (χ0) is 12.3. The highest BCUT2D eigenvalue weighted by molar-refractivity contribution is 5.89. The number of carboxylic acid groups (broad SMARTS) is 1. The van der Waals surface area contributed by atoms with Crippen molar-refractivity contribution in [3.05, 3.63) is 47.5 Å². The summed E-state index contributed by atoms with van der Waals surface area (Å²) in [6.45, 7) is 2.29. The van der Waals surface area contributed by atoms with Gasteiger partial charge in [0.15, 0.2) is 0 Å². The number of aromatic carboxylic acids is 1. The maximum atomic E-state index is 10.9. The number of hydrogen-bond donors (Lipinski definition) is 3. The zero-order valence-electron chi connectivity index (χ0n) is 9.40. The van der Waals surface area contributed by atoms with Crippen molar-refractivity contribution in [2.75, 3.05) is 5.32 Å². The molecule has 0 radical (unpaired) electrons. The second-order valence-corrected chi connectivity index (χ2v) is 3.73. The lowest BCUT2D eigenvalue weighted by Crippen LogP contribution is -1.99. The molecule has 0 aliphatic heterocycles. The van der Waals surface area contributed by atoms with E-state index in [0.29, 0.717) is 17.8 Å². The Labute approximate surface area is 98.5 Å². The van der Waals surface area contributed by atoms with Crippen molar-refractivity contribution in [3.8, 4) is 0 Å². The third-order valence-electron chi connectivity index (χ3n) is 2.45. The van der Waals surface area contributed by atoms with Crippen LogP contribution in [0.4, 0.5) is 5.69 Å². The van der Waals surface area contributed by atoms with Crippen molar-refractivity contribution < 1.29 is 9.90 Å². The maximum Gasteiger partial charge on any atom is 0.337 e. The lowest BCUT2D eigenvalue weighted by Gasteiger charge is -2.03. The van der Waals surface area contributed by atoms with Gasteiger partial charge >= 0.3 is 5.97 Å². The summed E-state index contributed by atoms with van der Waals surface area (Å²) in [5, 5.41) is 12.1. The van der Waals surface area contributed by atoms with Crippen molar-refractivity contribution in [1.29, 1.82) is 0 Å². The Kier molecular flexibility index (Phi) is 3.09. The lowest BCUT2D eigenvalue weighted by molar-refractivity contribution is 0.0696. The van der Waals surface area contributed by atoms with E-state index in [-0.39, 0.29) is 0 Å². The highest BCUT2D eigenvalue weighted by Gasteiger charge is 2.10. The fourth-order valence-corrected chi connectivity index (χ4v) is 1.61. The third kappa shape index (κ3) is 2.63. The summed E-state index contributed by atoms with van der Waals surface area (Å²) in [5.41, 5.74) is 2.72. The lowest BCUT2D eigenvalue weighted by atomic mass is 10.2. The molecule has 0 aromatic carbocycles. The average molecular weight is 231 g/mol. The summed E-state index contributed by atoms with van der Waals surface area (Å²) in [6, 6.07) is 5.38. The van der Waals surface area contributed by atoms with E-state index in [4.69, 9.17) is 5.11 Å². The van der Waals surface area contributed by atoms with Gasteiger partial charge in [0.2, 0.25) is 0 Å². The first-order valence-electron chi connectivity index (χ1n) is 5.22. The molecule has 17 heavy (non-hydrogen) atoms. The van der Waals surface area contributed by atoms with Gasteiger partial charge in [-0.3, -0.25) is 4.98 Å². The van der Waals surface area contributed by atoms with E-state index >= 15 is 0 Å². The van der Waals surface area contributed by atoms with Gasteiger partial charge in [-0.1, -0.05) is 0 Å². The van der Waals surface area contributed by atoms with Crippen molar-refractivity contribution in [3.63, 3.8) is 0 Å². The molecule has 2 rings (SSSR count). The number of rotatable bonds is 4. The van der Waals surface area contributed by atoms with Gasteiger partial charge in [-0.2, -0.15) is 0 Å².